The van der Waals surface area contributed by atoms with Crippen molar-refractivity contribution in [2.24, 2.45) is 0 Å². The van der Waals surface area contributed by atoms with E-state index in [0.717, 1.165) is 49.1 Å². The molecule has 2 N–H and O–H groups in total. The monoisotopic (exact) mass is 577 g/mol. The summed E-state index contributed by atoms with van der Waals surface area (Å²) in [5, 5.41) is 8.58. The van der Waals surface area contributed by atoms with Crippen LogP contribution in [0.5, 0.6) is 5.75 Å². The minimum absolute atomic E-state index is 0.188. The number of piperidine rings is 1. The van der Waals surface area contributed by atoms with Crippen LogP contribution >= 0.6 is 34.4 Å². The Bertz CT molecular complexity index is 1330. The van der Waals surface area contributed by atoms with Gasteiger partial charge in [-0.15, -0.1) is 11.3 Å². The molecule has 0 amide bonds. The van der Waals surface area contributed by atoms with E-state index in [9.17, 15) is 8.96 Å². The van der Waals surface area contributed by atoms with Crippen LogP contribution in [0.3, 0.4) is 0 Å². The van der Waals surface area contributed by atoms with Crippen molar-refractivity contribution in [2.75, 3.05) is 57.8 Å². The summed E-state index contributed by atoms with van der Waals surface area (Å²) in [4.78, 5) is 2.96. The zero-order valence-electron chi connectivity index (χ0n) is 20.3. The summed E-state index contributed by atoms with van der Waals surface area (Å²) in [5.41, 5.74) is 1.75. The Balaban J connectivity index is 1.49. The number of halogens is 2. The van der Waals surface area contributed by atoms with Gasteiger partial charge in [0.05, 0.1) is 45.1 Å². The van der Waals surface area contributed by atoms with E-state index in [1.54, 1.807) is 31.8 Å². The molecule has 0 spiro atoms. The molecule has 1 saturated heterocycles. The highest BCUT2D eigenvalue weighted by Gasteiger charge is 2.28. The molecule has 2 heterocycles. The lowest BCUT2D eigenvalue weighted by Crippen LogP contribution is -2.46. The molecule has 1 aromatic heterocycles. The zero-order valence-corrected chi connectivity index (χ0v) is 23.6. The maximum absolute atomic E-state index is 14.6. The number of hydrogen-bond donors (Lipinski definition) is 2. The standard InChI is InChI=1S/C26H30BrFN3O2PS/c1-31-14-12-20(19(28)16-31)30-22-8-5-7-18-25(27)24(35-26(18)22)9-6-13-29-21-11-10-17(34(3,4)32)15-23(21)33-2/h5,7-8,10-11,15,19-20,29-30H,12-14,16H2,1-4H3/t19-,20-/m0/s1. The van der Waals surface area contributed by atoms with E-state index in [4.69, 9.17) is 4.74 Å². The van der Waals surface area contributed by atoms with E-state index in [0.29, 0.717) is 18.8 Å². The summed E-state index contributed by atoms with van der Waals surface area (Å²) in [7, 11) is 1.20. The number of fused-ring (bicyclic) bond motifs is 1. The van der Waals surface area contributed by atoms with Crippen molar-refractivity contribution in [1.82, 2.24) is 4.90 Å². The van der Waals surface area contributed by atoms with Gasteiger partial charge in [0.15, 0.2) is 0 Å². The van der Waals surface area contributed by atoms with E-state index in [1.807, 2.05) is 42.3 Å². The zero-order chi connectivity index (χ0) is 25.2. The molecular formula is C26H30BrFN3O2PS. The van der Waals surface area contributed by atoms with Gasteiger partial charge in [-0.3, -0.25) is 0 Å². The number of nitrogens with one attached hydrogen (secondary N) is 2. The fourth-order valence-electron chi connectivity index (χ4n) is 4.13. The third-order valence-corrected chi connectivity index (χ3v) is 9.88. The number of anilines is 2. The van der Waals surface area contributed by atoms with Gasteiger partial charge in [-0.1, -0.05) is 24.0 Å². The molecule has 0 aliphatic carbocycles. The molecule has 5 nitrogen and oxygen atoms in total. The van der Waals surface area contributed by atoms with Crippen molar-refractivity contribution in [2.45, 2.75) is 18.6 Å². The van der Waals surface area contributed by atoms with Crippen molar-refractivity contribution in [3.8, 4) is 17.6 Å². The second-order valence-electron chi connectivity index (χ2n) is 9.14. The Kier molecular flexibility index (Phi) is 8.12. The number of hydrogen-bond acceptors (Lipinski definition) is 6. The van der Waals surface area contributed by atoms with Crippen LogP contribution in [0.25, 0.3) is 10.1 Å². The highest BCUT2D eigenvalue weighted by atomic mass is 79.9. The van der Waals surface area contributed by atoms with E-state index in [2.05, 4.69) is 44.5 Å². The average molecular weight is 578 g/mol. The van der Waals surface area contributed by atoms with Gasteiger partial charge in [-0.2, -0.15) is 0 Å². The summed E-state index contributed by atoms with van der Waals surface area (Å²) in [6.07, 6.45) is -0.123. The van der Waals surface area contributed by atoms with Crippen LogP contribution in [-0.4, -0.2) is 64.2 Å². The molecule has 2 aromatic carbocycles. The van der Waals surface area contributed by atoms with Crippen molar-refractivity contribution in [3.63, 3.8) is 0 Å². The lowest BCUT2D eigenvalue weighted by Gasteiger charge is -2.33. The summed E-state index contributed by atoms with van der Waals surface area (Å²) >= 11 is 5.31. The molecule has 0 bridgehead atoms. The Hall–Kier alpha value is -2.04. The average Bonchev–Trinajstić information content (AvgIpc) is 3.14. The van der Waals surface area contributed by atoms with Crippen molar-refractivity contribution in [3.05, 3.63) is 45.7 Å². The maximum Gasteiger partial charge on any atom is 0.142 e. The van der Waals surface area contributed by atoms with Crippen LogP contribution in [0.15, 0.2) is 40.9 Å². The normalized spacial score (nSPS) is 18.7. The minimum atomic E-state index is -2.36. The topological polar surface area (TPSA) is 53.6 Å². The van der Waals surface area contributed by atoms with Gasteiger partial charge in [0.25, 0.3) is 0 Å². The Morgan fingerprint density at radius 1 is 1.29 bits per heavy atom. The minimum Gasteiger partial charge on any atom is -0.495 e. The quantitative estimate of drug-likeness (QED) is 0.285. The highest BCUT2D eigenvalue weighted by Crippen LogP contribution is 2.40. The molecule has 0 unspecified atom stereocenters. The van der Waals surface area contributed by atoms with Crippen LogP contribution in [-0.2, 0) is 4.57 Å². The van der Waals surface area contributed by atoms with Gasteiger partial charge in [0.1, 0.15) is 19.1 Å². The first-order valence-electron chi connectivity index (χ1n) is 11.4. The summed E-state index contributed by atoms with van der Waals surface area (Å²) in [6.45, 7) is 5.25. The molecule has 35 heavy (non-hydrogen) atoms. The highest BCUT2D eigenvalue weighted by molar-refractivity contribution is 9.10. The fourth-order valence-corrected chi connectivity index (χ4v) is 6.84. The number of ether oxygens (including phenoxy) is 1. The number of nitrogens with zero attached hydrogens (tertiary/aromatic N) is 1. The van der Waals surface area contributed by atoms with E-state index >= 15 is 0 Å². The van der Waals surface area contributed by atoms with Gasteiger partial charge in [-0.05, 0) is 67.0 Å². The molecule has 2 atom stereocenters. The molecule has 9 heteroatoms. The number of rotatable bonds is 6. The number of methoxy groups -OCH3 is 1. The molecule has 186 valence electrons. The van der Waals surface area contributed by atoms with E-state index in [-0.39, 0.29) is 6.04 Å². The van der Waals surface area contributed by atoms with E-state index < -0.39 is 13.3 Å². The number of likely N-dealkylation sites (tertiary alicyclic amines) is 1. The molecule has 4 rings (SSSR count). The number of thiophene rings is 1. The molecular weight excluding hydrogens is 548 g/mol. The second-order valence-corrected chi connectivity index (χ2v) is 14.2. The van der Waals surface area contributed by atoms with Crippen molar-refractivity contribution < 1.29 is 13.7 Å². The molecule has 1 fully saturated rings. The third kappa shape index (κ3) is 6.03. The van der Waals surface area contributed by atoms with Crippen molar-refractivity contribution >= 4 is 61.2 Å². The van der Waals surface area contributed by atoms with Crippen LogP contribution < -0.4 is 20.7 Å². The van der Waals surface area contributed by atoms with Crippen molar-refractivity contribution in [1.29, 1.82) is 0 Å². The molecule has 1 aliphatic heterocycles. The SMILES string of the molecule is COc1cc(P(C)(C)=O)ccc1NCC#Cc1sc2c(N[C@H]3CCN(C)C[C@@H]3F)cccc2c1Br. The molecule has 0 radical (unpaired) electrons. The summed E-state index contributed by atoms with van der Waals surface area (Å²) in [6, 6.07) is 11.4. The Morgan fingerprint density at radius 2 is 2.09 bits per heavy atom. The summed E-state index contributed by atoms with van der Waals surface area (Å²) in [5.74, 6) is 7.09. The smallest absolute Gasteiger partial charge is 0.142 e. The summed E-state index contributed by atoms with van der Waals surface area (Å²) < 4.78 is 34.4. The lowest BCUT2D eigenvalue weighted by molar-refractivity contribution is 0.149. The first-order chi connectivity index (χ1) is 16.7. The van der Waals surface area contributed by atoms with E-state index in [1.165, 1.54) is 0 Å². The number of alkyl halides is 1. The number of benzene rings is 2. The van der Waals surface area contributed by atoms with Gasteiger partial charge in [0.2, 0.25) is 0 Å². The van der Waals surface area contributed by atoms with Gasteiger partial charge >= 0.3 is 0 Å². The molecule has 3 aromatic rings. The lowest BCUT2D eigenvalue weighted by atomic mass is 10.0. The second kappa shape index (κ2) is 10.9. The van der Waals surface area contributed by atoms with Crippen LogP contribution in [0.2, 0.25) is 0 Å². The van der Waals surface area contributed by atoms with Crippen LogP contribution in [0.4, 0.5) is 15.8 Å². The van der Waals surface area contributed by atoms with Gasteiger partial charge in [-0.25, -0.2) is 4.39 Å². The predicted octanol–water partition coefficient (Wildman–Crippen LogP) is 5.84. The fraction of sp³-hybridized carbons (Fsp3) is 0.385. The van der Waals surface area contributed by atoms with Gasteiger partial charge < -0.3 is 24.8 Å². The Morgan fingerprint density at radius 3 is 2.80 bits per heavy atom. The largest absolute Gasteiger partial charge is 0.495 e. The first-order valence-corrected chi connectivity index (χ1v) is 15.6. The van der Waals surface area contributed by atoms with Crippen LogP contribution in [0.1, 0.15) is 11.3 Å². The van der Waals surface area contributed by atoms with Gasteiger partial charge in [0, 0.05) is 23.8 Å². The Labute approximate surface area is 218 Å². The first kappa shape index (κ1) is 26.0. The third-order valence-electron chi connectivity index (χ3n) is 6.12. The molecule has 0 saturated carbocycles. The predicted molar refractivity (Wildman–Crippen MR) is 151 cm³/mol. The maximum atomic E-state index is 14.6. The molecule has 1 aliphatic rings. The van der Waals surface area contributed by atoms with Crippen LogP contribution in [0, 0.1) is 11.8 Å².